The van der Waals surface area contributed by atoms with Gasteiger partial charge in [-0.1, -0.05) is 0 Å². The Morgan fingerprint density at radius 3 is 2.41 bits per heavy atom. The first-order valence-corrected chi connectivity index (χ1v) is 4.75. The number of carboxylic acids is 1. The predicted octanol–water partition coefficient (Wildman–Crippen LogP) is 2.26. The molecule has 1 N–H and O–H groups in total. The van der Waals surface area contributed by atoms with E-state index in [0.717, 1.165) is 0 Å². The summed E-state index contributed by atoms with van der Waals surface area (Å²) >= 11 is 0. The van der Waals surface area contributed by atoms with Gasteiger partial charge in [-0.15, -0.1) is 0 Å². The Balaban J connectivity index is 3.49. The van der Waals surface area contributed by atoms with Crippen molar-refractivity contribution in [3.63, 3.8) is 0 Å². The van der Waals surface area contributed by atoms with Gasteiger partial charge in [-0.3, -0.25) is 4.79 Å². The van der Waals surface area contributed by atoms with E-state index in [-0.39, 0.29) is 6.29 Å². The molecule has 0 saturated carbocycles. The second kappa shape index (κ2) is 4.90. The number of carboxylic acid groups (broad SMARTS) is 1. The second-order valence-corrected chi connectivity index (χ2v) is 3.56. The zero-order chi connectivity index (χ0) is 13.2. The third-order valence-corrected chi connectivity index (χ3v) is 1.90. The molecule has 1 aromatic carbocycles. The summed E-state index contributed by atoms with van der Waals surface area (Å²) in [6.45, 7) is 3.04. The molecule has 6 heteroatoms. The predicted molar refractivity (Wildman–Crippen MR) is 54.5 cm³/mol. The first kappa shape index (κ1) is 13.1. The van der Waals surface area contributed by atoms with Crippen LogP contribution in [0.15, 0.2) is 6.07 Å². The maximum absolute atomic E-state index is 13.6. The Hall–Kier alpha value is -1.98. The number of ether oxygens (including phenoxy) is 1. The summed E-state index contributed by atoms with van der Waals surface area (Å²) in [7, 11) is 0. The number of carbonyl (C=O) groups is 2. The highest BCUT2D eigenvalue weighted by atomic mass is 19.1. The van der Waals surface area contributed by atoms with Crippen molar-refractivity contribution in [2.45, 2.75) is 20.0 Å². The minimum absolute atomic E-state index is 0.106. The lowest BCUT2D eigenvalue weighted by atomic mass is 10.1. The highest BCUT2D eigenvalue weighted by Crippen LogP contribution is 2.28. The van der Waals surface area contributed by atoms with E-state index in [1.807, 2.05) is 0 Å². The average molecular weight is 244 g/mol. The summed E-state index contributed by atoms with van der Waals surface area (Å²) in [5, 5.41) is 8.70. The van der Waals surface area contributed by atoms with Gasteiger partial charge in [0.1, 0.15) is 0 Å². The monoisotopic (exact) mass is 244 g/mol. The van der Waals surface area contributed by atoms with Gasteiger partial charge in [-0.05, 0) is 19.9 Å². The van der Waals surface area contributed by atoms with Gasteiger partial charge in [-0.25, -0.2) is 13.6 Å². The molecule has 0 amide bonds. The molecule has 17 heavy (non-hydrogen) atoms. The zero-order valence-electron chi connectivity index (χ0n) is 9.16. The Bertz CT molecular complexity index is 469. The first-order chi connectivity index (χ1) is 7.88. The lowest BCUT2D eigenvalue weighted by Gasteiger charge is -2.13. The highest BCUT2D eigenvalue weighted by Gasteiger charge is 2.23. The third-order valence-electron chi connectivity index (χ3n) is 1.90. The fourth-order valence-corrected chi connectivity index (χ4v) is 1.21. The van der Waals surface area contributed by atoms with Gasteiger partial charge in [0.2, 0.25) is 0 Å². The molecule has 0 unspecified atom stereocenters. The number of aldehydes is 1. The molecular weight excluding hydrogens is 234 g/mol. The molecule has 0 spiro atoms. The van der Waals surface area contributed by atoms with Crippen LogP contribution in [0, 0.1) is 11.6 Å². The maximum Gasteiger partial charge on any atom is 0.338 e. The summed E-state index contributed by atoms with van der Waals surface area (Å²) in [5.41, 5.74) is -1.36. The fraction of sp³-hybridized carbons (Fsp3) is 0.273. The van der Waals surface area contributed by atoms with E-state index in [9.17, 15) is 18.4 Å². The number of hydrogen-bond donors (Lipinski definition) is 1. The molecule has 0 fully saturated rings. The molecule has 0 bridgehead atoms. The van der Waals surface area contributed by atoms with Crippen LogP contribution in [0.25, 0.3) is 0 Å². The zero-order valence-corrected chi connectivity index (χ0v) is 9.16. The van der Waals surface area contributed by atoms with Crippen LogP contribution in [0.1, 0.15) is 34.6 Å². The molecule has 0 saturated heterocycles. The van der Waals surface area contributed by atoms with Crippen molar-refractivity contribution in [3.8, 4) is 5.75 Å². The lowest BCUT2D eigenvalue weighted by Crippen LogP contribution is -2.13. The highest BCUT2D eigenvalue weighted by molar-refractivity contribution is 5.91. The van der Waals surface area contributed by atoms with E-state index in [4.69, 9.17) is 9.84 Å². The maximum atomic E-state index is 13.6. The molecule has 0 atom stereocenters. The van der Waals surface area contributed by atoms with Gasteiger partial charge < -0.3 is 9.84 Å². The van der Waals surface area contributed by atoms with E-state index < -0.39 is 40.6 Å². The minimum atomic E-state index is -1.60. The van der Waals surface area contributed by atoms with Crippen molar-refractivity contribution in [1.29, 1.82) is 0 Å². The molecule has 4 nitrogen and oxygen atoms in total. The number of rotatable bonds is 4. The van der Waals surface area contributed by atoms with Crippen LogP contribution in [-0.4, -0.2) is 23.5 Å². The average Bonchev–Trinajstić information content (AvgIpc) is 2.23. The molecule has 0 aromatic heterocycles. The van der Waals surface area contributed by atoms with Gasteiger partial charge in [0.25, 0.3) is 0 Å². The molecule has 0 aliphatic carbocycles. The Kier molecular flexibility index (Phi) is 3.77. The Morgan fingerprint density at radius 1 is 1.41 bits per heavy atom. The van der Waals surface area contributed by atoms with Gasteiger partial charge >= 0.3 is 5.97 Å². The first-order valence-electron chi connectivity index (χ1n) is 4.75. The van der Waals surface area contributed by atoms with Gasteiger partial charge in [0.15, 0.2) is 23.7 Å². The van der Waals surface area contributed by atoms with E-state index >= 15 is 0 Å². The second-order valence-electron chi connectivity index (χ2n) is 3.56. The number of carbonyl (C=O) groups excluding carboxylic acids is 1. The van der Waals surface area contributed by atoms with Crippen LogP contribution in [0.3, 0.4) is 0 Å². The number of aromatic carboxylic acids is 1. The van der Waals surface area contributed by atoms with Crippen LogP contribution >= 0.6 is 0 Å². The summed E-state index contributed by atoms with van der Waals surface area (Å²) < 4.78 is 32.0. The molecule has 0 aliphatic rings. The van der Waals surface area contributed by atoms with Crippen molar-refractivity contribution in [3.05, 3.63) is 28.8 Å². The van der Waals surface area contributed by atoms with Gasteiger partial charge in [0, 0.05) is 0 Å². The fourth-order valence-electron chi connectivity index (χ4n) is 1.21. The van der Waals surface area contributed by atoms with E-state index in [1.165, 1.54) is 13.8 Å². The van der Waals surface area contributed by atoms with E-state index in [2.05, 4.69) is 0 Å². The van der Waals surface area contributed by atoms with Crippen molar-refractivity contribution < 1.29 is 28.2 Å². The van der Waals surface area contributed by atoms with E-state index in [0.29, 0.717) is 6.07 Å². The van der Waals surface area contributed by atoms with Crippen molar-refractivity contribution in [1.82, 2.24) is 0 Å². The van der Waals surface area contributed by atoms with Gasteiger partial charge in [-0.2, -0.15) is 0 Å². The molecule has 0 radical (unpaired) electrons. The van der Waals surface area contributed by atoms with Crippen LogP contribution in [-0.2, 0) is 0 Å². The lowest BCUT2D eigenvalue weighted by molar-refractivity contribution is 0.0689. The third kappa shape index (κ3) is 2.58. The number of hydrogen-bond acceptors (Lipinski definition) is 3. The minimum Gasteiger partial charge on any atom is -0.485 e. The Labute approximate surface area is 95.8 Å². The largest absolute Gasteiger partial charge is 0.485 e. The SMILES string of the molecule is CC(C)Oc1c(F)c(C=O)cc(C(=O)O)c1F. The molecule has 0 aliphatic heterocycles. The number of halogens is 2. The smallest absolute Gasteiger partial charge is 0.338 e. The normalized spacial score (nSPS) is 10.4. The van der Waals surface area contributed by atoms with Crippen LogP contribution < -0.4 is 4.74 Å². The Morgan fingerprint density at radius 2 is 2.00 bits per heavy atom. The molecular formula is C11H10F2O4. The quantitative estimate of drug-likeness (QED) is 0.825. The number of benzene rings is 1. The summed E-state index contributed by atoms with van der Waals surface area (Å²) in [6.07, 6.45) is -0.448. The summed E-state index contributed by atoms with van der Waals surface area (Å²) in [4.78, 5) is 21.2. The molecule has 1 aromatic rings. The molecule has 92 valence electrons. The van der Waals surface area contributed by atoms with Crippen LogP contribution in [0.2, 0.25) is 0 Å². The van der Waals surface area contributed by atoms with Crippen LogP contribution in [0.4, 0.5) is 8.78 Å². The standard InChI is InChI=1S/C11H10F2O4/c1-5(2)17-10-8(12)6(4-14)3-7(9(10)13)11(15)16/h3-5H,1-2H3,(H,15,16). The van der Waals surface area contributed by atoms with Crippen LogP contribution in [0.5, 0.6) is 5.75 Å². The van der Waals surface area contributed by atoms with Crippen molar-refractivity contribution in [2.24, 2.45) is 0 Å². The van der Waals surface area contributed by atoms with Gasteiger partial charge in [0.05, 0.1) is 17.2 Å². The molecule has 1 rings (SSSR count). The topological polar surface area (TPSA) is 63.6 Å². The molecule has 0 heterocycles. The van der Waals surface area contributed by atoms with Crippen molar-refractivity contribution >= 4 is 12.3 Å². The summed E-state index contributed by atoms with van der Waals surface area (Å²) in [6, 6.07) is 0.632. The van der Waals surface area contributed by atoms with Crippen molar-refractivity contribution in [2.75, 3.05) is 0 Å². The van der Waals surface area contributed by atoms with E-state index in [1.54, 1.807) is 0 Å². The summed E-state index contributed by atoms with van der Waals surface area (Å²) in [5.74, 6) is -4.97.